The second-order valence-electron chi connectivity index (χ2n) is 4.15. The Kier molecular flexibility index (Phi) is 3.92. The van der Waals surface area contributed by atoms with Gasteiger partial charge in [0.2, 0.25) is 0 Å². The molecule has 0 saturated carbocycles. The molecule has 4 nitrogen and oxygen atoms in total. The molecule has 1 aliphatic heterocycles. The van der Waals surface area contributed by atoms with Crippen LogP contribution < -0.4 is 5.32 Å². The summed E-state index contributed by atoms with van der Waals surface area (Å²) in [6, 6.07) is 0.869. The molecule has 84 valence electrons. The molecule has 1 heterocycles. The van der Waals surface area contributed by atoms with Crippen molar-refractivity contribution in [2.24, 2.45) is 0 Å². The minimum atomic E-state index is -2.83. The molecule has 2 atom stereocenters. The molecule has 0 aromatic heterocycles. The lowest BCUT2D eigenvalue weighted by Crippen LogP contribution is -2.56. The summed E-state index contributed by atoms with van der Waals surface area (Å²) in [5.41, 5.74) is 0. The normalized spacial score (nSPS) is 30.5. The van der Waals surface area contributed by atoms with E-state index >= 15 is 0 Å². The second-order valence-corrected chi connectivity index (χ2v) is 6.41. The number of rotatable bonds is 3. The van der Waals surface area contributed by atoms with E-state index in [1.807, 2.05) is 0 Å². The van der Waals surface area contributed by atoms with E-state index in [2.05, 4.69) is 24.1 Å². The van der Waals surface area contributed by atoms with Crippen molar-refractivity contribution in [1.29, 1.82) is 0 Å². The molecule has 1 saturated heterocycles. The average molecular weight is 220 g/mol. The van der Waals surface area contributed by atoms with Crippen LogP contribution in [0, 0.1) is 0 Å². The van der Waals surface area contributed by atoms with Crippen LogP contribution in [0.3, 0.4) is 0 Å². The van der Waals surface area contributed by atoms with Gasteiger partial charge in [0.15, 0.2) is 0 Å². The Labute approximate surface area is 86.6 Å². The van der Waals surface area contributed by atoms with Gasteiger partial charge >= 0.3 is 0 Å². The van der Waals surface area contributed by atoms with Gasteiger partial charge in [0.05, 0.1) is 5.75 Å². The third-order valence-corrected chi connectivity index (χ3v) is 3.84. The molecule has 14 heavy (non-hydrogen) atoms. The van der Waals surface area contributed by atoms with Crippen LogP contribution in [-0.4, -0.2) is 57.0 Å². The monoisotopic (exact) mass is 220 g/mol. The molecule has 1 N–H and O–H groups in total. The third kappa shape index (κ3) is 3.55. The Morgan fingerprint density at radius 1 is 1.43 bits per heavy atom. The van der Waals surface area contributed by atoms with Crippen molar-refractivity contribution in [1.82, 2.24) is 10.2 Å². The van der Waals surface area contributed by atoms with Gasteiger partial charge in [-0.2, -0.15) is 0 Å². The van der Waals surface area contributed by atoms with Crippen LogP contribution in [0.1, 0.15) is 13.8 Å². The van der Waals surface area contributed by atoms with Gasteiger partial charge in [-0.05, 0) is 13.8 Å². The van der Waals surface area contributed by atoms with Crippen molar-refractivity contribution in [3.05, 3.63) is 0 Å². The van der Waals surface area contributed by atoms with Crippen molar-refractivity contribution < 1.29 is 8.42 Å². The van der Waals surface area contributed by atoms with Gasteiger partial charge in [0.1, 0.15) is 9.84 Å². The predicted octanol–water partition coefficient (Wildman–Crippen LogP) is -0.287. The molecule has 0 amide bonds. The van der Waals surface area contributed by atoms with Crippen molar-refractivity contribution in [3.63, 3.8) is 0 Å². The van der Waals surface area contributed by atoms with Crippen molar-refractivity contribution in [2.45, 2.75) is 25.9 Å². The Morgan fingerprint density at radius 3 is 2.64 bits per heavy atom. The molecular weight excluding hydrogens is 200 g/mol. The van der Waals surface area contributed by atoms with E-state index in [-0.39, 0.29) is 5.75 Å². The number of nitrogens with one attached hydrogen (secondary N) is 1. The summed E-state index contributed by atoms with van der Waals surface area (Å²) < 4.78 is 22.0. The van der Waals surface area contributed by atoms with Crippen LogP contribution in [-0.2, 0) is 9.84 Å². The fourth-order valence-corrected chi connectivity index (χ4v) is 2.29. The summed E-state index contributed by atoms with van der Waals surface area (Å²) in [7, 11) is -2.83. The number of hydrogen-bond donors (Lipinski definition) is 1. The molecular formula is C9H20N2O2S. The van der Waals surface area contributed by atoms with E-state index in [1.54, 1.807) is 0 Å². The van der Waals surface area contributed by atoms with E-state index in [4.69, 9.17) is 0 Å². The highest BCUT2D eigenvalue weighted by Crippen LogP contribution is 2.08. The Bertz CT molecular complexity index is 277. The molecule has 1 fully saturated rings. The fraction of sp³-hybridized carbons (Fsp3) is 1.00. The van der Waals surface area contributed by atoms with E-state index in [0.717, 1.165) is 13.1 Å². The second kappa shape index (κ2) is 4.59. The summed E-state index contributed by atoms with van der Waals surface area (Å²) in [5.74, 6) is 0.268. The fourth-order valence-electron chi connectivity index (χ4n) is 1.72. The zero-order valence-electron chi connectivity index (χ0n) is 9.16. The number of nitrogens with zero attached hydrogens (tertiary/aromatic N) is 1. The lowest BCUT2D eigenvalue weighted by Gasteiger charge is -2.38. The topological polar surface area (TPSA) is 49.4 Å². The van der Waals surface area contributed by atoms with Gasteiger partial charge in [-0.3, -0.25) is 4.90 Å². The van der Waals surface area contributed by atoms with Crippen molar-refractivity contribution >= 4 is 9.84 Å². The lowest BCUT2D eigenvalue weighted by molar-refractivity contribution is 0.146. The maximum absolute atomic E-state index is 11.0. The van der Waals surface area contributed by atoms with Crippen LogP contribution in [0.15, 0.2) is 0 Å². The van der Waals surface area contributed by atoms with E-state index in [0.29, 0.717) is 18.6 Å². The molecule has 0 aliphatic carbocycles. The molecule has 2 unspecified atom stereocenters. The Balaban J connectivity index is 2.44. The summed E-state index contributed by atoms with van der Waals surface area (Å²) in [5, 5.41) is 3.37. The first-order valence-corrected chi connectivity index (χ1v) is 7.11. The molecule has 1 aliphatic rings. The first-order chi connectivity index (χ1) is 6.40. The summed E-state index contributed by atoms with van der Waals surface area (Å²) in [4.78, 5) is 2.24. The van der Waals surface area contributed by atoms with Gasteiger partial charge in [0.25, 0.3) is 0 Å². The average Bonchev–Trinajstić information content (AvgIpc) is 2.06. The van der Waals surface area contributed by atoms with Crippen LogP contribution in [0.5, 0.6) is 0 Å². The minimum Gasteiger partial charge on any atom is -0.311 e. The van der Waals surface area contributed by atoms with Crippen LogP contribution in [0.2, 0.25) is 0 Å². The van der Waals surface area contributed by atoms with Gasteiger partial charge in [-0.15, -0.1) is 0 Å². The minimum absolute atomic E-state index is 0.268. The highest BCUT2D eigenvalue weighted by molar-refractivity contribution is 7.90. The highest BCUT2D eigenvalue weighted by atomic mass is 32.2. The van der Waals surface area contributed by atoms with E-state index in [9.17, 15) is 8.42 Å². The summed E-state index contributed by atoms with van der Waals surface area (Å²) in [6.07, 6.45) is 1.29. The highest BCUT2D eigenvalue weighted by Gasteiger charge is 2.24. The zero-order valence-corrected chi connectivity index (χ0v) is 9.97. The lowest BCUT2D eigenvalue weighted by atomic mass is 10.1. The zero-order chi connectivity index (χ0) is 10.8. The molecule has 0 aromatic carbocycles. The Hall–Kier alpha value is -0.130. The van der Waals surface area contributed by atoms with Crippen LogP contribution in [0.25, 0.3) is 0 Å². The number of hydrogen-bond acceptors (Lipinski definition) is 4. The summed E-state index contributed by atoms with van der Waals surface area (Å²) in [6.45, 7) is 6.83. The van der Waals surface area contributed by atoms with E-state index in [1.165, 1.54) is 6.26 Å². The van der Waals surface area contributed by atoms with Gasteiger partial charge in [0, 0.05) is 38.0 Å². The molecule has 0 radical (unpaired) electrons. The molecule has 0 bridgehead atoms. The first-order valence-electron chi connectivity index (χ1n) is 5.05. The van der Waals surface area contributed by atoms with Gasteiger partial charge in [-0.1, -0.05) is 0 Å². The van der Waals surface area contributed by atoms with Crippen molar-refractivity contribution in [3.8, 4) is 0 Å². The first kappa shape index (κ1) is 11.9. The smallest absolute Gasteiger partial charge is 0.148 e. The summed E-state index contributed by atoms with van der Waals surface area (Å²) >= 11 is 0. The van der Waals surface area contributed by atoms with Crippen LogP contribution in [0.4, 0.5) is 0 Å². The molecule has 1 rings (SSSR count). The SMILES string of the molecule is CC1NCCN(CCS(C)(=O)=O)C1C. The standard InChI is InChI=1S/C9H20N2O2S/c1-8-9(2)11(5-4-10-8)6-7-14(3,12)13/h8-10H,4-7H2,1-3H3. The van der Waals surface area contributed by atoms with Gasteiger partial charge in [-0.25, -0.2) is 8.42 Å². The van der Waals surface area contributed by atoms with Crippen molar-refractivity contribution in [2.75, 3.05) is 31.6 Å². The quantitative estimate of drug-likeness (QED) is 0.710. The molecule has 0 aromatic rings. The largest absolute Gasteiger partial charge is 0.311 e. The van der Waals surface area contributed by atoms with Crippen LogP contribution >= 0.6 is 0 Å². The maximum atomic E-state index is 11.0. The number of sulfone groups is 1. The Morgan fingerprint density at radius 2 is 2.07 bits per heavy atom. The van der Waals surface area contributed by atoms with Gasteiger partial charge < -0.3 is 5.32 Å². The predicted molar refractivity (Wildman–Crippen MR) is 58.2 cm³/mol. The third-order valence-electron chi connectivity index (χ3n) is 2.91. The maximum Gasteiger partial charge on any atom is 0.148 e. The molecule has 0 spiro atoms. The van der Waals surface area contributed by atoms with E-state index < -0.39 is 9.84 Å². The number of piperazine rings is 1. The molecule has 5 heteroatoms.